The van der Waals surface area contributed by atoms with E-state index in [9.17, 15) is 4.79 Å². The fourth-order valence-electron chi connectivity index (χ4n) is 2.56. The third-order valence-corrected chi connectivity index (χ3v) is 3.55. The van der Waals surface area contributed by atoms with Gasteiger partial charge >= 0.3 is 5.97 Å². The van der Waals surface area contributed by atoms with Gasteiger partial charge in [-0.25, -0.2) is 4.79 Å². The minimum atomic E-state index is -0.925. The topological polar surface area (TPSA) is 52.6 Å². The number of hydrogen-bond acceptors (Lipinski definition) is 3. The summed E-state index contributed by atoms with van der Waals surface area (Å²) in [6.07, 6.45) is 0.933. The second-order valence-electron chi connectivity index (χ2n) is 4.65. The van der Waals surface area contributed by atoms with E-state index in [1.165, 1.54) is 0 Å². The lowest BCUT2D eigenvalue weighted by molar-refractivity contribution is 0.0698. The van der Waals surface area contributed by atoms with Crippen LogP contribution in [0.1, 0.15) is 15.9 Å². The molecule has 0 radical (unpaired) electrons. The van der Waals surface area contributed by atoms with E-state index in [0.717, 1.165) is 29.9 Å². The molecule has 1 aliphatic heterocycles. The number of fused-ring (bicyclic) bond motifs is 1. The van der Waals surface area contributed by atoms with Crippen LogP contribution in [-0.4, -0.2) is 24.7 Å². The summed E-state index contributed by atoms with van der Waals surface area (Å²) in [5.41, 5.74) is 4.16. The van der Waals surface area contributed by atoms with Crippen molar-refractivity contribution in [1.29, 1.82) is 0 Å². The van der Waals surface area contributed by atoms with Gasteiger partial charge in [0, 0.05) is 31.3 Å². The van der Waals surface area contributed by atoms with E-state index in [4.69, 9.17) is 5.11 Å². The van der Waals surface area contributed by atoms with Crippen molar-refractivity contribution in [2.45, 2.75) is 6.42 Å². The van der Waals surface area contributed by atoms with E-state index in [2.05, 4.69) is 22.3 Å². The first-order valence-electron chi connectivity index (χ1n) is 6.44. The summed E-state index contributed by atoms with van der Waals surface area (Å²) >= 11 is 0. The molecule has 0 aliphatic carbocycles. The van der Waals surface area contributed by atoms with Crippen molar-refractivity contribution in [2.75, 3.05) is 23.8 Å². The van der Waals surface area contributed by atoms with Gasteiger partial charge in [0.15, 0.2) is 0 Å². The predicted molar refractivity (Wildman–Crippen MR) is 77.8 cm³/mol. The number of anilines is 3. The van der Waals surface area contributed by atoms with Crippen LogP contribution in [0.2, 0.25) is 0 Å². The molecular formula is C16H14N2O2. The Bertz CT molecular complexity index is 667. The summed E-state index contributed by atoms with van der Waals surface area (Å²) in [7, 11) is 1.73. The van der Waals surface area contributed by atoms with Crippen LogP contribution in [0.15, 0.2) is 30.3 Å². The predicted octanol–water partition coefficient (Wildman–Crippen LogP) is 2.72. The van der Waals surface area contributed by atoms with Gasteiger partial charge in [0.2, 0.25) is 0 Å². The lowest BCUT2D eigenvalue weighted by Gasteiger charge is -2.20. The Hall–Kier alpha value is -2.67. The van der Waals surface area contributed by atoms with Gasteiger partial charge in [0.1, 0.15) is 0 Å². The van der Waals surface area contributed by atoms with Gasteiger partial charge in [-0.2, -0.15) is 0 Å². The Morgan fingerprint density at radius 2 is 2.25 bits per heavy atom. The summed E-state index contributed by atoms with van der Waals surface area (Å²) in [5, 5.41) is 12.1. The van der Waals surface area contributed by atoms with Crippen LogP contribution in [0.3, 0.4) is 0 Å². The van der Waals surface area contributed by atoms with E-state index in [-0.39, 0.29) is 5.56 Å². The number of carboxylic acid groups (broad SMARTS) is 1. The molecule has 0 saturated carbocycles. The Kier molecular flexibility index (Phi) is 2.96. The summed E-state index contributed by atoms with van der Waals surface area (Å²) in [6.45, 7) is 0.874. The normalized spacial score (nSPS) is 12.8. The third kappa shape index (κ3) is 1.94. The second kappa shape index (κ2) is 4.78. The first-order chi connectivity index (χ1) is 9.70. The average Bonchev–Trinajstić information content (AvgIpc) is 2.90. The molecule has 0 saturated heterocycles. The molecule has 2 aromatic rings. The van der Waals surface area contributed by atoms with Gasteiger partial charge in [0.25, 0.3) is 0 Å². The number of aromatic carboxylic acids is 1. The minimum Gasteiger partial charge on any atom is -0.478 e. The molecule has 2 aromatic carbocycles. The van der Waals surface area contributed by atoms with Crippen molar-refractivity contribution in [3.05, 3.63) is 53.6 Å². The maximum atomic E-state index is 11.1. The standard InChI is InChI=1S/C16H14N2O2/c1-17-14-10-12(6-7-13(14)16(19)20)18-9-8-11-4-2-3-5-15(11)18/h3,5-7,10,17H,8-9H2,1H3,(H,19,20). The van der Waals surface area contributed by atoms with E-state index >= 15 is 0 Å². The first kappa shape index (κ1) is 12.4. The van der Waals surface area contributed by atoms with Crippen LogP contribution in [0, 0.1) is 12.1 Å². The number of rotatable bonds is 3. The number of nitrogens with zero attached hydrogens (tertiary/aromatic N) is 1. The maximum Gasteiger partial charge on any atom is 0.337 e. The Balaban J connectivity index is 2.02. The van der Waals surface area contributed by atoms with E-state index in [1.54, 1.807) is 13.1 Å². The van der Waals surface area contributed by atoms with Gasteiger partial charge in [-0.05, 0) is 30.3 Å². The van der Waals surface area contributed by atoms with Gasteiger partial charge < -0.3 is 15.3 Å². The van der Waals surface area contributed by atoms with E-state index < -0.39 is 5.97 Å². The fourth-order valence-corrected chi connectivity index (χ4v) is 2.56. The zero-order valence-electron chi connectivity index (χ0n) is 11.1. The Morgan fingerprint density at radius 3 is 3.00 bits per heavy atom. The van der Waals surface area contributed by atoms with Gasteiger partial charge in [-0.15, -0.1) is 0 Å². The minimum absolute atomic E-state index is 0.281. The summed E-state index contributed by atoms with van der Waals surface area (Å²) in [4.78, 5) is 13.3. The van der Waals surface area contributed by atoms with Crippen LogP contribution in [0.25, 0.3) is 0 Å². The highest BCUT2D eigenvalue weighted by atomic mass is 16.4. The summed E-state index contributed by atoms with van der Waals surface area (Å²) in [5.74, 6) is -0.925. The molecule has 0 amide bonds. The molecule has 3 rings (SSSR count). The van der Waals surface area contributed by atoms with Gasteiger partial charge in [0.05, 0.1) is 16.9 Å². The number of carboxylic acids is 1. The highest BCUT2D eigenvalue weighted by molar-refractivity contribution is 5.95. The largest absolute Gasteiger partial charge is 0.478 e. The number of carbonyl (C=O) groups is 1. The molecule has 0 fully saturated rings. The average molecular weight is 266 g/mol. The van der Waals surface area contributed by atoms with Crippen LogP contribution in [-0.2, 0) is 6.42 Å². The summed E-state index contributed by atoms with van der Waals surface area (Å²) < 4.78 is 0. The summed E-state index contributed by atoms with van der Waals surface area (Å²) in [6, 6.07) is 15.3. The maximum absolute atomic E-state index is 11.1. The number of hydrogen-bond donors (Lipinski definition) is 2. The van der Waals surface area contributed by atoms with Crippen molar-refractivity contribution >= 4 is 23.0 Å². The molecule has 4 heteroatoms. The zero-order valence-corrected chi connectivity index (χ0v) is 11.1. The molecule has 4 nitrogen and oxygen atoms in total. The van der Waals surface area contributed by atoms with Crippen LogP contribution in [0.5, 0.6) is 0 Å². The molecule has 0 bridgehead atoms. The lowest BCUT2D eigenvalue weighted by Crippen LogP contribution is -2.14. The van der Waals surface area contributed by atoms with Crippen LogP contribution >= 0.6 is 0 Å². The number of nitrogens with one attached hydrogen (secondary N) is 1. The van der Waals surface area contributed by atoms with Crippen molar-refractivity contribution in [1.82, 2.24) is 0 Å². The van der Waals surface area contributed by atoms with E-state index in [1.807, 2.05) is 24.3 Å². The molecular weight excluding hydrogens is 252 g/mol. The van der Waals surface area contributed by atoms with Gasteiger partial charge in [-0.1, -0.05) is 12.1 Å². The SMILES string of the molecule is CNc1cc(N2CCc3c#cccc32)ccc1C(=O)O. The quantitative estimate of drug-likeness (QED) is 0.897. The molecule has 1 aliphatic rings. The molecule has 0 unspecified atom stereocenters. The molecule has 1 heterocycles. The molecule has 100 valence electrons. The fraction of sp³-hybridized carbons (Fsp3) is 0.188. The van der Waals surface area contributed by atoms with E-state index in [0.29, 0.717) is 5.69 Å². The molecule has 20 heavy (non-hydrogen) atoms. The van der Waals surface area contributed by atoms with Crippen molar-refractivity contribution in [3.8, 4) is 0 Å². The molecule has 2 N–H and O–H groups in total. The highest BCUT2D eigenvalue weighted by Crippen LogP contribution is 2.35. The van der Waals surface area contributed by atoms with Crippen LogP contribution < -0.4 is 10.2 Å². The zero-order chi connectivity index (χ0) is 14.1. The van der Waals surface area contributed by atoms with Crippen molar-refractivity contribution in [2.24, 2.45) is 0 Å². The Labute approximate surface area is 117 Å². The Morgan fingerprint density at radius 1 is 1.40 bits per heavy atom. The van der Waals surface area contributed by atoms with Crippen molar-refractivity contribution < 1.29 is 9.90 Å². The molecule has 0 aromatic heterocycles. The number of benzene rings is 1. The molecule has 0 atom stereocenters. The molecule has 0 spiro atoms. The highest BCUT2D eigenvalue weighted by Gasteiger charge is 2.21. The monoisotopic (exact) mass is 266 g/mol. The second-order valence-corrected chi connectivity index (χ2v) is 4.65. The van der Waals surface area contributed by atoms with Crippen LogP contribution in [0.4, 0.5) is 17.1 Å². The first-order valence-corrected chi connectivity index (χ1v) is 6.44. The smallest absolute Gasteiger partial charge is 0.337 e. The lowest BCUT2D eigenvalue weighted by atomic mass is 10.1. The van der Waals surface area contributed by atoms with Gasteiger partial charge in [-0.3, -0.25) is 0 Å². The third-order valence-electron chi connectivity index (χ3n) is 3.55. The van der Waals surface area contributed by atoms with Crippen molar-refractivity contribution in [3.63, 3.8) is 0 Å².